The van der Waals surface area contributed by atoms with Crippen LogP contribution in [-0.2, 0) is 4.79 Å². The Morgan fingerprint density at radius 2 is 1.82 bits per heavy atom. The first-order valence-electron chi connectivity index (χ1n) is 10.8. The van der Waals surface area contributed by atoms with E-state index >= 15 is 0 Å². The number of methoxy groups -OCH3 is 1. The average molecular weight is 494 g/mol. The summed E-state index contributed by atoms with van der Waals surface area (Å²) < 4.78 is 7.04. The molecule has 8 heteroatoms. The smallest absolute Gasteiger partial charge is 0.266 e. The van der Waals surface area contributed by atoms with Crippen molar-refractivity contribution < 1.29 is 9.53 Å². The maximum Gasteiger partial charge on any atom is 0.266 e. The van der Waals surface area contributed by atoms with E-state index in [-0.39, 0.29) is 17.2 Å². The Morgan fingerprint density at radius 3 is 2.53 bits per heavy atom. The van der Waals surface area contributed by atoms with Gasteiger partial charge in [0.25, 0.3) is 5.56 Å². The molecule has 0 N–H and O–H groups in total. The zero-order valence-corrected chi connectivity index (χ0v) is 20.7. The highest BCUT2D eigenvalue weighted by molar-refractivity contribution is 7.99. The number of para-hydroxylation sites is 2. The minimum absolute atomic E-state index is 0.0769. The summed E-state index contributed by atoms with van der Waals surface area (Å²) in [5.74, 6) is 0.483. The van der Waals surface area contributed by atoms with Gasteiger partial charge in [0.2, 0.25) is 5.91 Å². The Hall–Kier alpha value is -3.29. The van der Waals surface area contributed by atoms with E-state index in [1.54, 1.807) is 35.2 Å². The van der Waals surface area contributed by atoms with Crippen molar-refractivity contribution in [1.82, 2.24) is 9.55 Å². The number of aryl methyl sites for hydroxylation is 1. The van der Waals surface area contributed by atoms with Crippen molar-refractivity contribution in [2.24, 2.45) is 0 Å². The van der Waals surface area contributed by atoms with Crippen LogP contribution in [0.1, 0.15) is 12.5 Å². The van der Waals surface area contributed by atoms with Crippen molar-refractivity contribution in [3.8, 4) is 11.4 Å². The van der Waals surface area contributed by atoms with Gasteiger partial charge in [-0.05, 0) is 49.7 Å². The molecule has 4 rings (SSSR count). The number of carbonyl (C=O) groups is 1. The molecular formula is C26H24ClN3O3S. The molecule has 0 aliphatic carbocycles. The lowest BCUT2D eigenvalue weighted by Gasteiger charge is -2.21. The number of nitrogens with zero attached hydrogens (tertiary/aromatic N) is 3. The Balaban J connectivity index is 1.79. The number of ether oxygens (including phenoxy) is 1. The monoisotopic (exact) mass is 493 g/mol. The molecule has 0 spiro atoms. The molecule has 0 radical (unpaired) electrons. The van der Waals surface area contributed by atoms with Crippen LogP contribution < -0.4 is 15.2 Å². The molecule has 6 nitrogen and oxygen atoms in total. The summed E-state index contributed by atoms with van der Waals surface area (Å²) >= 11 is 7.52. The van der Waals surface area contributed by atoms with Gasteiger partial charge in [0.1, 0.15) is 5.75 Å². The van der Waals surface area contributed by atoms with Crippen LogP contribution in [0.25, 0.3) is 16.6 Å². The molecule has 0 saturated carbocycles. The molecule has 1 amide bonds. The third-order valence-electron chi connectivity index (χ3n) is 5.46. The summed E-state index contributed by atoms with van der Waals surface area (Å²) in [6.07, 6.45) is 0. The largest absolute Gasteiger partial charge is 0.495 e. The van der Waals surface area contributed by atoms with E-state index in [0.717, 1.165) is 11.3 Å². The lowest BCUT2D eigenvalue weighted by molar-refractivity contribution is -0.116. The second kappa shape index (κ2) is 10.3. The van der Waals surface area contributed by atoms with Gasteiger partial charge in [0, 0.05) is 23.3 Å². The van der Waals surface area contributed by atoms with Crippen LogP contribution in [0.4, 0.5) is 5.69 Å². The van der Waals surface area contributed by atoms with E-state index in [1.807, 2.05) is 50.2 Å². The molecule has 0 aliphatic rings. The predicted octanol–water partition coefficient (Wildman–Crippen LogP) is 5.50. The highest BCUT2D eigenvalue weighted by atomic mass is 35.5. The number of carbonyl (C=O) groups excluding carboxylic acids is 1. The van der Waals surface area contributed by atoms with Crippen LogP contribution in [-0.4, -0.2) is 34.9 Å². The molecule has 1 aromatic heterocycles. The first kappa shape index (κ1) is 23.9. The van der Waals surface area contributed by atoms with Gasteiger partial charge < -0.3 is 9.64 Å². The molecular weight excluding hydrogens is 470 g/mol. The van der Waals surface area contributed by atoms with Crippen molar-refractivity contribution >= 4 is 45.9 Å². The van der Waals surface area contributed by atoms with E-state index in [4.69, 9.17) is 21.3 Å². The quantitative estimate of drug-likeness (QED) is 0.251. The number of hydrogen-bond acceptors (Lipinski definition) is 5. The lowest BCUT2D eigenvalue weighted by atomic mass is 10.2. The Labute approximate surface area is 207 Å². The van der Waals surface area contributed by atoms with Crippen LogP contribution in [0, 0.1) is 6.92 Å². The first-order valence-corrected chi connectivity index (χ1v) is 12.2. The fraction of sp³-hybridized carbons (Fsp3) is 0.192. The second-order valence-electron chi connectivity index (χ2n) is 7.59. The number of amides is 1. The Bertz CT molecular complexity index is 1410. The van der Waals surface area contributed by atoms with Crippen molar-refractivity contribution in [1.29, 1.82) is 0 Å². The normalized spacial score (nSPS) is 10.9. The predicted molar refractivity (Wildman–Crippen MR) is 139 cm³/mol. The summed E-state index contributed by atoms with van der Waals surface area (Å²) in [5, 5.41) is 1.42. The van der Waals surface area contributed by atoms with Gasteiger partial charge in [-0.1, -0.05) is 53.7 Å². The van der Waals surface area contributed by atoms with Crippen LogP contribution in [0.3, 0.4) is 0 Å². The number of fused-ring (bicyclic) bond motifs is 1. The third kappa shape index (κ3) is 4.67. The molecule has 0 bridgehead atoms. The summed E-state index contributed by atoms with van der Waals surface area (Å²) in [5.41, 5.74) is 2.48. The van der Waals surface area contributed by atoms with Gasteiger partial charge >= 0.3 is 0 Å². The second-order valence-corrected chi connectivity index (χ2v) is 8.94. The minimum atomic E-state index is -0.240. The number of aromatic nitrogens is 2. The topological polar surface area (TPSA) is 64.4 Å². The molecule has 0 unspecified atom stereocenters. The molecule has 4 aromatic rings. The van der Waals surface area contributed by atoms with Crippen LogP contribution >= 0.6 is 23.4 Å². The van der Waals surface area contributed by atoms with Gasteiger partial charge in [-0.3, -0.25) is 14.2 Å². The number of hydrogen-bond donors (Lipinski definition) is 0. The summed E-state index contributed by atoms with van der Waals surface area (Å²) in [6, 6.07) is 20.2. The molecule has 1 heterocycles. The first-order chi connectivity index (χ1) is 16.4. The fourth-order valence-corrected chi connectivity index (χ4v) is 4.76. The van der Waals surface area contributed by atoms with Gasteiger partial charge in [0.15, 0.2) is 5.16 Å². The van der Waals surface area contributed by atoms with Gasteiger partial charge in [-0.15, -0.1) is 0 Å². The standard InChI is InChI=1S/C26H24ClN3O3S/c1-4-29(18-10-6-5-7-11-18)24(31)16-34-26-28-21-13-9-8-12-19(21)25(32)30(26)22-14-17(2)20(27)15-23(22)33-3/h5-15H,4,16H2,1-3H3. The Kier molecular flexibility index (Phi) is 7.24. The zero-order valence-electron chi connectivity index (χ0n) is 19.1. The van der Waals surface area contributed by atoms with Crippen LogP contribution in [0.5, 0.6) is 5.75 Å². The van der Waals surface area contributed by atoms with Crippen molar-refractivity contribution in [2.45, 2.75) is 19.0 Å². The molecule has 0 fully saturated rings. The highest BCUT2D eigenvalue weighted by Gasteiger charge is 2.20. The Morgan fingerprint density at radius 1 is 1.12 bits per heavy atom. The van der Waals surface area contributed by atoms with Crippen LogP contribution in [0.2, 0.25) is 5.02 Å². The van der Waals surface area contributed by atoms with E-state index < -0.39 is 0 Å². The molecule has 3 aromatic carbocycles. The number of halogens is 1. The molecule has 174 valence electrons. The average Bonchev–Trinajstić information content (AvgIpc) is 2.85. The van der Waals surface area contributed by atoms with Gasteiger partial charge in [-0.25, -0.2) is 4.98 Å². The number of thioether (sulfide) groups is 1. The van der Waals surface area contributed by atoms with E-state index in [1.165, 1.54) is 23.4 Å². The lowest BCUT2D eigenvalue weighted by Crippen LogP contribution is -2.32. The van der Waals surface area contributed by atoms with E-state index in [2.05, 4.69) is 0 Å². The summed E-state index contributed by atoms with van der Waals surface area (Å²) in [4.78, 5) is 33.2. The zero-order chi connectivity index (χ0) is 24.2. The molecule has 0 saturated heterocycles. The van der Waals surface area contributed by atoms with Gasteiger partial charge in [0.05, 0.1) is 29.5 Å². The SMILES string of the molecule is CCN(C(=O)CSc1nc2ccccc2c(=O)n1-c1cc(C)c(Cl)cc1OC)c1ccccc1. The molecule has 0 atom stereocenters. The number of benzene rings is 3. The molecule has 0 aliphatic heterocycles. The summed E-state index contributed by atoms with van der Waals surface area (Å²) in [7, 11) is 1.53. The van der Waals surface area contributed by atoms with Crippen molar-refractivity contribution in [3.63, 3.8) is 0 Å². The number of rotatable bonds is 7. The maximum atomic E-state index is 13.6. The minimum Gasteiger partial charge on any atom is -0.495 e. The van der Waals surface area contributed by atoms with Crippen LogP contribution in [0.15, 0.2) is 76.7 Å². The molecule has 34 heavy (non-hydrogen) atoms. The summed E-state index contributed by atoms with van der Waals surface area (Å²) in [6.45, 7) is 4.33. The van der Waals surface area contributed by atoms with E-state index in [9.17, 15) is 9.59 Å². The van der Waals surface area contributed by atoms with Gasteiger partial charge in [-0.2, -0.15) is 0 Å². The number of anilines is 1. The van der Waals surface area contributed by atoms with Crippen molar-refractivity contribution in [3.05, 3.63) is 87.7 Å². The van der Waals surface area contributed by atoms with Crippen molar-refractivity contribution in [2.75, 3.05) is 24.3 Å². The fourth-order valence-electron chi connectivity index (χ4n) is 3.72. The van der Waals surface area contributed by atoms with E-state index in [0.29, 0.717) is 39.1 Å². The highest BCUT2D eigenvalue weighted by Crippen LogP contribution is 2.32. The third-order valence-corrected chi connectivity index (χ3v) is 6.79. The maximum absolute atomic E-state index is 13.6.